The predicted molar refractivity (Wildman–Crippen MR) is 85.7 cm³/mol. The van der Waals surface area contributed by atoms with Crippen molar-refractivity contribution in [1.82, 2.24) is 0 Å². The summed E-state index contributed by atoms with van der Waals surface area (Å²) in [5.41, 5.74) is 9.89. The molecule has 94 valence electrons. The van der Waals surface area contributed by atoms with Crippen LogP contribution in [0.1, 0.15) is 18.1 Å². The number of hydrogen-bond acceptors (Lipinski definition) is 0. The zero-order valence-electron chi connectivity index (χ0n) is 11.4. The van der Waals surface area contributed by atoms with Crippen LogP contribution < -0.4 is 0 Å². The molecule has 0 radical (unpaired) electrons. The summed E-state index contributed by atoms with van der Waals surface area (Å²) >= 11 is 0. The van der Waals surface area contributed by atoms with Crippen LogP contribution >= 0.6 is 0 Å². The summed E-state index contributed by atoms with van der Waals surface area (Å²) in [6.07, 6.45) is 3.41. The van der Waals surface area contributed by atoms with E-state index in [9.17, 15) is 0 Å². The minimum Gasteiger partial charge on any atom is -0.0766 e. The molecule has 0 N–H and O–H groups in total. The molecule has 0 nitrogen and oxygen atoms in total. The van der Waals surface area contributed by atoms with E-state index in [2.05, 4.69) is 61.5 Å². The van der Waals surface area contributed by atoms with Gasteiger partial charge >= 0.3 is 0 Å². The maximum atomic E-state index is 2.35. The van der Waals surface area contributed by atoms with E-state index in [0.29, 0.717) is 0 Å². The summed E-state index contributed by atoms with van der Waals surface area (Å²) in [7, 11) is 0. The highest BCUT2D eigenvalue weighted by Gasteiger charge is 2.24. The van der Waals surface area contributed by atoms with Gasteiger partial charge in [-0.1, -0.05) is 54.6 Å². The van der Waals surface area contributed by atoms with Gasteiger partial charge in [0.1, 0.15) is 0 Å². The molecule has 5 rings (SSSR count). The van der Waals surface area contributed by atoms with Crippen LogP contribution in [0.15, 0.2) is 54.6 Å². The highest BCUT2D eigenvalue weighted by atomic mass is 14.3. The first-order valence-electron chi connectivity index (χ1n) is 7.20. The number of rotatable bonds is 0. The Hall–Kier alpha value is -2.34. The zero-order valence-corrected chi connectivity index (χ0v) is 11.4. The van der Waals surface area contributed by atoms with Crippen molar-refractivity contribution in [3.63, 3.8) is 0 Å². The Morgan fingerprint density at radius 3 is 2.05 bits per heavy atom. The molecule has 3 aromatic rings. The van der Waals surface area contributed by atoms with E-state index in [1.165, 1.54) is 49.7 Å². The number of allylic oxidation sites excluding steroid dienone is 2. The molecule has 0 bridgehead atoms. The highest BCUT2D eigenvalue weighted by molar-refractivity contribution is 6.18. The van der Waals surface area contributed by atoms with Crippen LogP contribution in [0.2, 0.25) is 0 Å². The van der Waals surface area contributed by atoms with E-state index in [1.54, 1.807) is 0 Å². The van der Waals surface area contributed by atoms with Gasteiger partial charge in [0.2, 0.25) is 0 Å². The van der Waals surface area contributed by atoms with Crippen molar-refractivity contribution in [2.75, 3.05) is 0 Å². The van der Waals surface area contributed by atoms with Gasteiger partial charge in [-0.2, -0.15) is 0 Å². The first kappa shape index (κ1) is 10.4. The smallest absolute Gasteiger partial charge is 0.00174 e. The molecule has 20 heavy (non-hydrogen) atoms. The van der Waals surface area contributed by atoms with E-state index >= 15 is 0 Å². The lowest BCUT2D eigenvalue weighted by Gasteiger charge is -2.17. The van der Waals surface area contributed by atoms with E-state index < -0.39 is 0 Å². The molecule has 0 fully saturated rings. The van der Waals surface area contributed by atoms with Crippen molar-refractivity contribution in [3.05, 3.63) is 65.7 Å². The Labute approximate surface area is 118 Å². The van der Waals surface area contributed by atoms with E-state index in [4.69, 9.17) is 0 Å². The van der Waals surface area contributed by atoms with Gasteiger partial charge in [-0.05, 0) is 63.1 Å². The van der Waals surface area contributed by atoms with Crippen molar-refractivity contribution in [2.45, 2.75) is 13.3 Å². The fourth-order valence-electron chi connectivity index (χ4n) is 3.84. The lowest BCUT2D eigenvalue weighted by Crippen LogP contribution is -1.96. The van der Waals surface area contributed by atoms with Gasteiger partial charge in [-0.15, -0.1) is 0 Å². The highest BCUT2D eigenvalue weighted by Crippen LogP contribution is 2.50. The summed E-state index contributed by atoms with van der Waals surface area (Å²) in [4.78, 5) is 0. The third-order valence-electron chi connectivity index (χ3n) is 4.81. The van der Waals surface area contributed by atoms with Crippen molar-refractivity contribution in [3.8, 4) is 22.3 Å². The molecular weight excluding hydrogens is 240 g/mol. The minimum atomic E-state index is 1.06. The summed E-state index contributed by atoms with van der Waals surface area (Å²) in [6.45, 7) is 2.23. The maximum Gasteiger partial charge on any atom is -0.00174 e. The van der Waals surface area contributed by atoms with Crippen LogP contribution in [0.4, 0.5) is 0 Å². The van der Waals surface area contributed by atoms with Crippen molar-refractivity contribution in [1.29, 1.82) is 0 Å². The van der Waals surface area contributed by atoms with Gasteiger partial charge in [0.25, 0.3) is 0 Å². The minimum absolute atomic E-state index is 1.06. The fourth-order valence-corrected chi connectivity index (χ4v) is 3.84. The Bertz CT molecular complexity index is 897. The van der Waals surface area contributed by atoms with Crippen LogP contribution in [0, 0.1) is 0 Å². The normalized spacial score (nSPS) is 14.3. The molecule has 0 spiro atoms. The average molecular weight is 254 g/mol. The van der Waals surface area contributed by atoms with Crippen LogP contribution in [0.5, 0.6) is 0 Å². The first-order valence-corrected chi connectivity index (χ1v) is 7.20. The number of fused-ring (bicyclic) bond motifs is 3. The topological polar surface area (TPSA) is 0 Å². The molecule has 0 saturated heterocycles. The number of benzene rings is 3. The maximum absolute atomic E-state index is 2.35. The Morgan fingerprint density at radius 1 is 0.650 bits per heavy atom. The molecule has 2 aliphatic rings. The van der Waals surface area contributed by atoms with Crippen molar-refractivity contribution < 1.29 is 0 Å². The van der Waals surface area contributed by atoms with Gasteiger partial charge < -0.3 is 0 Å². The molecular formula is C20H14. The van der Waals surface area contributed by atoms with Gasteiger partial charge in [0, 0.05) is 0 Å². The first-order chi connectivity index (χ1) is 9.84. The van der Waals surface area contributed by atoms with Crippen LogP contribution in [-0.2, 0) is 6.42 Å². The van der Waals surface area contributed by atoms with Gasteiger partial charge in [-0.25, -0.2) is 0 Å². The molecule has 0 unspecified atom stereocenters. The van der Waals surface area contributed by atoms with Crippen LogP contribution in [0.3, 0.4) is 0 Å². The molecule has 0 saturated carbocycles. The van der Waals surface area contributed by atoms with Gasteiger partial charge in [0.15, 0.2) is 0 Å². The van der Waals surface area contributed by atoms with E-state index in [-0.39, 0.29) is 0 Å². The molecule has 0 atom stereocenters. The zero-order chi connectivity index (χ0) is 13.3. The predicted octanol–water partition coefficient (Wildman–Crippen LogP) is 5.45. The third kappa shape index (κ3) is 1.09. The standard InChI is InChI=1S/C20H14/c1-12-6-7-13-8-9-17-15-4-2-3-5-16(15)18-11-10-14(12)19(13)20(17)18/h2-6,8-11H,7H2,1H3. The summed E-state index contributed by atoms with van der Waals surface area (Å²) in [5, 5.41) is 2.95. The molecule has 0 aromatic heterocycles. The second kappa shape index (κ2) is 3.40. The number of hydrogen-bond donors (Lipinski definition) is 0. The molecule has 0 heterocycles. The second-order valence-electron chi connectivity index (χ2n) is 5.82. The van der Waals surface area contributed by atoms with Crippen molar-refractivity contribution in [2.24, 2.45) is 0 Å². The second-order valence-corrected chi connectivity index (χ2v) is 5.82. The van der Waals surface area contributed by atoms with Gasteiger partial charge in [0.05, 0.1) is 0 Å². The monoisotopic (exact) mass is 254 g/mol. The van der Waals surface area contributed by atoms with E-state index in [0.717, 1.165) is 6.42 Å². The summed E-state index contributed by atoms with van der Waals surface area (Å²) < 4.78 is 0. The lowest BCUT2D eigenvalue weighted by molar-refractivity contribution is 1.27. The summed E-state index contributed by atoms with van der Waals surface area (Å²) in [6, 6.07) is 18.0. The largest absolute Gasteiger partial charge is 0.0766 e. The van der Waals surface area contributed by atoms with Crippen molar-refractivity contribution >= 4 is 16.3 Å². The SMILES string of the molecule is CC1=CCc2ccc3c4c(ccc1c24)-c1ccccc1-3. The molecule has 0 heteroatoms. The fraction of sp³-hybridized carbons (Fsp3) is 0.100. The molecule has 0 aliphatic heterocycles. The Morgan fingerprint density at radius 2 is 1.30 bits per heavy atom. The average Bonchev–Trinajstić information content (AvgIpc) is 2.83. The van der Waals surface area contributed by atoms with Crippen LogP contribution in [-0.4, -0.2) is 0 Å². The molecule has 2 aliphatic carbocycles. The van der Waals surface area contributed by atoms with Gasteiger partial charge in [-0.3, -0.25) is 0 Å². The Balaban J connectivity index is 2.05. The van der Waals surface area contributed by atoms with E-state index in [1.807, 2.05) is 0 Å². The lowest BCUT2D eigenvalue weighted by atomic mass is 9.86. The Kier molecular flexibility index (Phi) is 1.78. The molecule has 3 aromatic carbocycles. The molecule has 0 amide bonds. The quantitative estimate of drug-likeness (QED) is 0.391. The third-order valence-corrected chi connectivity index (χ3v) is 4.81. The summed E-state index contributed by atoms with van der Waals surface area (Å²) in [5.74, 6) is 0. The van der Waals surface area contributed by atoms with Crippen LogP contribution in [0.25, 0.3) is 38.6 Å².